The largest absolute Gasteiger partial charge is 0.305 e. The topological polar surface area (TPSA) is 30.3 Å². The van der Waals surface area contributed by atoms with Gasteiger partial charge in [-0.1, -0.05) is 61.2 Å². The second kappa shape index (κ2) is 7.03. The van der Waals surface area contributed by atoms with Gasteiger partial charge in [0, 0.05) is 30.4 Å². The lowest BCUT2D eigenvalue weighted by atomic mass is 10.0. The number of nitriles is 1. The Morgan fingerprint density at radius 3 is 2.46 bits per heavy atom. The molecule has 0 aromatic heterocycles. The molecule has 128 valence electrons. The van der Waals surface area contributed by atoms with Crippen molar-refractivity contribution in [1.29, 1.82) is 5.26 Å². The lowest BCUT2D eigenvalue weighted by molar-refractivity contribution is 0.304. The zero-order valence-corrected chi connectivity index (χ0v) is 14.7. The third-order valence-electron chi connectivity index (χ3n) is 5.01. The summed E-state index contributed by atoms with van der Waals surface area (Å²) >= 11 is 0. The van der Waals surface area contributed by atoms with Crippen LogP contribution in [0, 0.1) is 11.3 Å². The van der Waals surface area contributed by atoms with Crippen LogP contribution in [0.25, 0.3) is 16.8 Å². The second-order valence-corrected chi connectivity index (χ2v) is 6.60. The molecular formula is C23H21N3. The first-order valence-electron chi connectivity index (χ1n) is 8.96. The highest BCUT2D eigenvalue weighted by Crippen LogP contribution is 2.32. The van der Waals surface area contributed by atoms with Crippen molar-refractivity contribution in [2.75, 3.05) is 18.1 Å². The molecule has 1 fully saturated rings. The van der Waals surface area contributed by atoms with Crippen molar-refractivity contribution in [3.8, 4) is 6.07 Å². The van der Waals surface area contributed by atoms with E-state index in [0.717, 1.165) is 48.0 Å². The maximum Gasteiger partial charge on any atom is 0.0998 e. The molecule has 3 aromatic rings. The Morgan fingerprint density at radius 1 is 0.962 bits per heavy atom. The van der Waals surface area contributed by atoms with Gasteiger partial charge in [-0.2, -0.15) is 5.26 Å². The van der Waals surface area contributed by atoms with E-state index in [1.54, 1.807) is 0 Å². The van der Waals surface area contributed by atoms with E-state index >= 15 is 0 Å². The van der Waals surface area contributed by atoms with E-state index in [1.807, 2.05) is 30.3 Å². The molecule has 1 aliphatic rings. The van der Waals surface area contributed by atoms with Gasteiger partial charge >= 0.3 is 0 Å². The summed E-state index contributed by atoms with van der Waals surface area (Å²) < 4.78 is 0. The summed E-state index contributed by atoms with van der Waals surface area (Å²) in [5.41, 5.74) is 4.35. The maximum atomic E-state index is 9.40. The molecule has 1 saturated heterocycles. The minimum absolute atomic E-state index is 0.732. The molecule has 0 amide bonds. The van der Waals surface area contributed by atoms with Crippen LogP contribution in [0.15, 0.2) is 67.2 Å². The van der Waals surface area contributed by atoms with Gasteiger partial charge in [0.1, 0.15) is 0 Å². The molecule has 0 unspecified atom stereocenters. The Balaban J connectivity index is 1.67. The smallest absolute Gasteiger partial charge is 0.0998 e. The molecule has 1 aliphatic heterocycles. The summed E-state index contributed by atoms with van der Waals surface area (Å²) in [5, 5.41) is 16.3. The zero-order valence-electron chi connectivity index (χ0n) is 14.7. The van der Waals surface area contributed by atoms with Gasteiger partial charge in [-0.05, 0) is 29.7 Å². The summed E-state index contributed by atoms with van der Waals surface area (Å²) in [6.45, 7) is 6.74. The number of hydrogen-bond acceptors (Lipinski definition) is 3. The molecule has 0 aliphatic carbocycles. The van der Waals surface area contributed by atoms with E-state index in [4.69, 9.17) is 0 Å². The number of anilines is 1. The van der Waals surface area contributed by atoms with Crippen molar-refractivity contribution < 1.29 is 0 Å². The summed E-state index contributed by atoms with van der Waals surface area (Å²) in [5.74, 6) is 0. The first-order valence-corrected chi connectivity index (χ1v) is 8.96. The molecule has 0 N–H and O–H groups in total. The Hall–Kier alpha value is -3.09. The third-order valence-corrected chi connectivity index (χ3v) is 5.01. The van der Waals surface area contributed by atoms with Crippen LogP contribution in [0.2, 0.25) is 0 Å². The fraction of sp³-hybridized carbons (Fsp3) is 0.174. The fourth-order valence-corrected chi connectivity index (χ4v) is 3.68. The van der Waals surface area contributed by atoms with Crippen molar-refractivity contribution in [3.05, 3.63) is 83.9 Å². The van der Waals surface area contributed by atoms with Crippen molar-refractivity contribution in [3.63, 3.8) is 0 Å². The summed E-state index contributed by atoms with van der Waals surface area (Å²) in [6, 6.07) is 23.1. The molecule has 0 spiro atoms. The predicted molar refractivity (Wildman–Crippen MR) is 108 cm³/mol. The molecule has 0 atom stereocenters. The van der Waals surface area contributed by atoms with Crippen LogP contribution in [0.5, 0.6) is 0 Å². The van der Waals surface area contributed by atoms with Crippen molar-refractivity contribution in [2.45, 2.75) is 13.0 Å². The molecule has 3 heteroatoms. The van der Waals surface area contributed by atoms with E-state index in [-0.39, 0.29) is 0 Å². The molecule has 1 heterocycles. The summed E-state index contributed by atoms with van der Waals surface area (Å²) in [4.78, 5) is 0. The van der Waals surface area contributed by atoms with E-state index in [9.17, 15) is 5.26 Å². The molecule has 0 bridgehead atoms. The minimum Gasteiger partial charge on any atom is -0.305 e. The normalized spacial score (nSPS) is 14.5. The molecule has 4 rings (SSSR count). The average molecular weight is 339 g/mol. The van der Waals surface area contributed by atoms with Crippen molar-refractivity contribution >= 4 is 22.5 Å². The standard InChI is InChI=1S/C23H21N3/c1-2-18-8-10-19(11-9-18)17-25-14-5-15-26(25)23-13-12-20(16-24)21-6-3-4-7-22(21)23/h2-4,6-13H,1,5,14-15,17H2. The Labute approximate surface area is 154 Å². The molecule has 3 nitrogen and oxygen atoms in total. The van der Waals surface area contributed by atoms with Crippen LogP contribution in [-0.2, 0) is 6.54 Å². The van der Waals surface area contributed by atoms with Gasteiger partial charge in [0.15, 0.2) is 0 Å². The number of hydrogen-bond donors (Lipinski definition) is 0. The number of nitrogens with zero attached hydrogens (tertiary/aromatic N) is 3. The van der Waals surface area contributed by atoms with Gasteiger partial charge < -0.3 is 5.01 Å². The van der Waals surface area contributed by atoms with Gasteiger partial charge in [0.05, 0.1) is 17.3 Å². The van der Waals surface area contributed by atoms with Crippen LogP contribution in [0.4, 0.5) is 5.69 Å². The Morgan fingerprint density at radius 2 is 1.73 bits per heavy atom. The molecule has 26 heavy (non-hydrogen) atoms. The van der Waals surface area contributed by atoms with E-state index in [1.165, 1.54) is 11.3 Å². The van der Waals surface area contributed by atoms with Gasteiger partial charge in [0.2, 0.25) is 0 Å². The lowest BCUT2D eigenvalue weighted by Gasteiger charge is -2.31. The van der Waals surface area contributed by atoms with Crippen molar-refractivity contribution in [1.82, 2.24) is 5.01 Å². The monoisotopic (exact) mass is 339 g/mol. The van der Waals surface area contributed by atoms with Crippen LogP contribution < -0.4 is 5.01 Å². The first-order chi connectivity index (χ1) is 12.8. The summed E-state index contributed by atoms with van der Waals surface area (Å²) in [7, 11) is 0. The highest BCUT2D eigenvalue weighted by Gasteiger charge is 2.24. The third kappa shape index (κ3) is 2.96. The van der Waals surface area contributed by atoms with Crippen molar-refractivity contribution in [2.24, 2.45) is 0 Å². The van der Waals surface area contributed by atoms with Gasteiger partial charge in [0.25, 0.3) is 0 Å². The van der Waals surface area contributed by atoms with Gasteiger partial charge in [-0.3, -0.25) is 0 Å². The maximum absolute atomic E-state index is 9.40. The number of fused-ring (bicyclic) bond motifs is 1. The molecule has 3 aromatic carbocycles. The average Bonchev–Trinajstić information content (AvgIpc) is 3.15. The Bertz CT molecular complexity index is 983. The lowest BCUT2D eigenvalue weighted by Crippen LogP contribution is -2.36. The van der Waals surface area contributed by atoms with Crippen LogP contribution >= 0.6 is 0 Å². The quantitative estimate of drug-likeness (QED) is 0.671. The zero-order chi connectivity index (χ0) is 17.9. The van der Waals surface area contributed by atoms with E-state index in [0.29, 0.717) is 0 Å². The van der Waals surface area contributed by atoms with Crippen LogP contribution in [0.3, 0.4) is 0 Å². The molecular weight excluding hydrogens is 318 g/mol. The Kier molecular flexibility index (Phi) is 4.43. The van der Waals surface area contributed by atoms with Gasteiger partial charge in [-0.25, -0.2) is 5.01 Å². The van der Waals surface area contributed by atoms with Crippen LogP contribution in [0.1, 0.15) is 23.1 Å². The van der Waals surface area contributed by atoms with Gasteiger partial charge in [-0.15, -0.1) is 0 Å². The summed E-state index contributed by atoms with van der Waals surface area (Å²) in [6.07, 6.45) is 3.01. The minimum atomic E-state index is 0.732. The second-order valence-electron chi connectivity index (χ2n) is 6.60. The number of hydrazine groups is 1. The SMILES string of the molecule is C=Cc1ccc(CN2CCCN2c2ccc(C#N)c3ccccc23)cc1. The van der Waals surface area contributed by atoms with E-state index < -0.39 is 0 Å². The van der Waals surface area contributed by atoms with Crippen LogP contribution in [-0.4, -0.2) is 18.1 Å². The number of rotatable bonds is 4. The number of benzene rings is 3. The highest BCUT2D eigenvalue weighted by molar-refractivity contribution is 5.97. The molecule has 0 radical (unpaired) electrons. The highest BCUT2D eigenvalue weighted by atomic mass is 15.6. The fourth-order valence-electron chi connectivity index (χ4n) is 3.68. The predicted octanol–water partition coefficient (Wildman–Crippen LogP) is 4.98. The first kappa shape index (κ1) is 16.4. The molecule has 0 saturated carbocycles. The van der Waals surface area contributed by atoms with E-state index in [2.05, 4.69) is 59.1 Å².